The van der Waals surface area contributed by atoms with Crippen molar-refractivity contribution in [2.45, 2.75) is 44.4 Å². The molecule has 4 atom stereocenters. The van der Waals surface area contributed by atoms with E-state index in [1.807, 2.05) is 6.08 Å². The molecular weight excluding hydrogens is 326 g/mol. The number of rotatable bonds is 1. The molecule has 3 aliphatic heterocycles. The molecular formula is C18H25NO6. The van der Waals surface area contributed by atoms with Crippen LogP contribution in [0.4, 0.5) is 0 Å². The van der Waals surface area contributed by atoms with Crippen LogP contribution < -0.4 is 0 Å². The lowest BCUT2D eigenvalue weighted by Gasteiger charge is -2.32. The topological polar surface area (TPSA) is 96.3 Å². The Morgan fingerprint density at radius 1 is 1.44 bits per heavy atom. The lowest BCUT2D eigenvalue weighted by atomic mass is 9.84. The van der Waals surface area contributed by atoms with E-state index in [0.717, 1.165) is 25.1 Å². The van der Waals surface area contributed by atoms with Crippen molar-refractivity contribution in [3.05, 3.63) is 23.3 Å². The standard InChI is InChI=1S/C18H25NO6/c1-3-12-8-11(2)18(23,10-20)17(22)24-9-13-4-6-19-7-5-14(15(13)19)25-16(12)21/h3-4,11,14-15,20,23H,5-10H2,1-2H3/b12-3-/t11-,14-,15-,18-/m1/s1. The molecule has 7 heteroatoms. The Bertz CT molecular complexity index is 627. The van der Waals surface area contributed by atoms with Crippen molar-refractivity contribution in [3.8, 4) is 0 Å². The van der Waals surface area contributed by atoms with E-state index in [0.29, 0.717) is 5.57 Å². The summed E-state index contributed by atoms with van der Waals surface area (Å²) in [4.78, 5) is 27.2. The van der Waals surface area contributed by atoms with E-state index >= 15 is 0 Å². The van der Waals surface area contributed by atoms with Gasteiger partial charge in [-0.25, -0.2) is 9.59 Å². The third-order valence-corrected chi connectivity index (χ3v) is 5.59. The van der Waals surface area contributed by atoms with E-state index in [4.69, 9.17) is 9.47 Å². The van der Waals surface area contributed by atoms with Crippen molar-refractivity contribution in [3.63, 3.8) is 0 Å². The van der Waals surface area contributed by atoms with Gasteiger partial charge in [-0.3, -0.25) is 4.90 Å². The molecule has 0 aromatic carbocycles. The van der Waals surface area contributed by atoms with Crippen molar-refractivity contribution in [2.24, 2.45) is 5.92 Å². The van der Waals surface area contributed by atoms with Crippen molar-refractivity contribution < 1.29 is 29.3 Å². The van der Waals surface area contributed by atoms with Gasteiger partial charge in [-0.1, -0.05) is 19.1 Å². The van der Waals surface area contributed by atoms with Crippen LogP contribution in [-0.4, -0.2) is 71.1 Å². The second kappa shape index (κ2) is 6.90. The van der Waals surface area contributed by atoms with E-state index in [9.17, 15) is 19.8 Å². The maximum absolute atomic E-state index is 12.6. The highest BCUT2D eigenvalue weighted by Crippen LogP contribution is 2.34. The molecule has 0 unspecified atom stereocenters. The molecule has 3 aliphatic rings. The first kappa shape index (κ1) is 18.1. The third-order valence-electron chi connectivity index (χ3n) is 5.59. The molecule has 3 heterocycles. The number of aliphatic hydroxyl groups is 2. The predicted molar refractivity (Wildman–Crippen MR) is 88.5 cm³/mol. The molecule has 0 amide bonds. The summed E-state index contributed by atoms with van der Waals surface area (Å²) >= 11 is 0. The predicted octanol–water partition coefficient (Wildman–Crippen LogP) is 0.165. The first-order valence-corrected chi connectivity index (χ1v) is 8.70. The van der Waals surface area contributed by atoms with Gasteiger partial charge in [0.05, 0.1) is 12.6 Å². The minimum absolute atomic E-state index is 0.0273. The van der Waals surface area contributed by atoms with Gasteiger partial charge in [0.15, 0.2) is 5.60 Å². The largest absolute Gasteiger partial charge is 0.459 e. The summed E-state index contributed by atoms with van der Waals surface area (Å²) < 4.78 is 11.1. The van der Waals surface area contributed by atoms with Crippen LogP contribution in [0, 0.1) is 5.92 Å². The summed E-state index contributed by atoms with van der Waals surface area (Å²) in [7, 11) is 0. The number of hydrogen-bond donors (Lipinski definition) is 2. The van der Waals surface area contributed by atoms with Crippen LogP contribution in [0.25, 0.3) is 0 Å². The highest BCUT2D eigenvalue weighted by atomic mass is 16.6. The Hall–Kier alpha value is -1.70. The minimum atomic E-state index is -2.05. The Labute approximate surface area is 146 Å². The maximum atomic E-state index is 12.6. The van der Waals surface area contributed by atoms with Gasteiger partial charge >= 0.3 is 11.9 Å². The number of carbonyl (C=O) groups excluding carboxylic acids is 2. The fraction of sp³-hybridized carbons (Fsp3) is 0.667. The Morgan fingerprint density at radius 2 is 2.20 bits per heavy atom. The van der Waals surface area contributed by atoms with Crippen LogP contribution in [0.2, 0.25) is 0 Å². The molecule has 2 N–H and O–H groups in total. The van der Waals surface area contributed by atoms with Crippen LogP contribution in [0.15, 0.2) is 23.3 Å². The van der Waals surface area contributed by atoms with Gasteiger partial charge in [0.2, 0.25) is 0 Å². The number of nitrogens with zero attached hydrogens (tertiary/aromatic N) is 1. The van der Waals surface area contributed by atoms with E-state index in [1.54, 1.807) is 19.9 Å². The van der Waals surface area contributed by atoms with Gasteiger partial charge in [0, 0.05) is 24.6 Å². The highest BCUT2D eigenvalue weighted by Gasteiger charge is 2.46. The number of aliphatic hydroxyl groups excluding tert-OH is 1. The Balaban J connectivity index is 1.93. The molecule has 2 fully saturated rings. The van der Waals surface area contributed by atoms with Crippen molar-refractivity contribution >= 4 is 11.9 Å². The summed E-state index contributed by atoms with van der Waals surface area (Å²) in [5, 5.41) is 20.2. The van der Waals surface area contributed by atoms with Gasteiger partial charge < -0.3 is 19.7 Å². The summed E-state index contributed by atoms with van der Waals surface area (Å²) in [6.07, 6.45) is 4.20. The smallest absolute Gasteiger partial charge is 0.341 e. The molecule has 2 saturated heterocycles. The van der Waals surface area contributed by atoms with Crippen LogP contribution in [0.1, 0.15) is 26.7 Å². The normalized spacial score (nSPS) is 38.5. The fourth-order valence-electron chi connectivity index (χ4n) is 3.85. The summed E-state index contributed by atoms with van der Waals surface area (Å²) in [5.74, 6) is -1.99. The van der Waals surface area contributed by atoms with Gasteiger partial charge in [-0.2, -0.15) is 0 Å². The number of cyclic esters (lactones) is 1. The average molecular weight is 351 g/mol. The van der Waals surface area contributed by atoms with E-state index in [2.05, 4.69) is 4.90 Å². The zero-order valence-corrected chi connectivity index (χ0v) is 14.6. The second-order valence-electron chi connectivity index (χ2n) is 7.03. The lowest BCUT2D eigenvalue weighted by Crippen LogP contribution is -2.50. The van der Waals surface area contributed by atoms with Crippen molar-refractivity contribution in [2.75, 3.05) is 26.3 Å². The molecule has 3 rings (SSSR count). The zero-order chi connectivity index (χ0) is 18.2. The monoisotopic (exact) mass is 351 g/mol. The average Bonchev–Trinajstić information content (AvgIpc) is 3.18. The minimum Gasteiger partial charge on any atom is -0.459 e. The molecule has 0 aromatic rings. The number of esters is 2. The van der Waals surface area contributed by atoms with E-state index in [-0.39, 0.29) is 25.2 Å². The van der Waals surface area contributed by atoms with Crippen molar-refractivity contribution in [1.29, 1.82) is 0 Å². The number of ether oxygens (including phenoxy) is 2. The molecule has 0 aliphatic carbocycles. The number of carbonyl (C=O) groups is 2. The molecule has 0 aromatic heterocycles. The first-order chi connectivity index (χ1) is 11.9. The number of allylic oxidation sites excluding steroid dienone is 1. The van der Waals surface area contributed by atoms with Gasteiger partial charge in [0.25, 0.3) is 0 Å². The van der Waals surface area contributed by atoms with E-state index < -0.39 is 30.1 Å². The molecule has 0 radical (unpaired) electrons. The number of hydrogen-bond acceptors (Lipinski definition) is 7. The maximum Gasteiger partial charge on any atom is 0.341 e. The Morgan fingerprint density at radius 3 is 2.88 bits per heavy atom. The molecule has 138 valence electrons. The fourth-order valence-corrected chi connectivity index (χ4v) is 3.85. The second-order valence-corrected chi connectivity index (χ2v) is 7.03. The molecule has 7 nitrogen and oxygen atoms in total. The molecule has 0 spiro atoms. The molecule has 0 bridgehead atoms. The molecule has 25 heavy (non-hydrogen) atoms. The SMILES string of the molecule is C/C=C1/C[C@@H](C)[C@](O)(CO)C(=O)OCC2=CCN3CC[C@@H](OC1=O)[C@@H]23. The summed E-state index contributed by atoms with van der Waals surface area (Å²) in [6, 6.07) is -0.0890. The van der Waals surface area contributed by atoms with Crippen LogP contribution in [0.3, 0.4) is 0 Å². The van der Waals surface area contributed by atoms with Crippen LogP contribution >= 0.6 is 0 Å². The quantitative estimate of drug-likeness (QED) is 0.395. The van der Waals surface area contributed by atoms with Crippen LogP contribution in [-0.2, 0) is 19.1 Å². The van der Waals surface area contributed by atoms with Gasteiger partial charge in [0.1, 0.15) is 12.7 Å². The summed E-state index contributed by atoms with van der Waals surface area (Å²) in [6.45, 7) is 4.12. The Kier molecular flexibility index (Phi) is 4.99. The van der Waals surface area contributed by atoms with Crippen molar-refractivity contribution in [1.82, 2.24) is 4.90 Å². The van der Waals surface area contributed by atoms with Gasteiger partial charge in [-0.05, 0) is 25.3 Å². The highest BCUT2D eigenvalue weighted by molar-refractivity contribution is 5.89. The summed E-state index contributed by atoms with van der Waals surface area (Å²) in [5.41, 5.74) is -0.796. The lowest BCUT2D eigenvalue weighted by molar-refractivity contribution is -0.176. The van der Waals surface area contributed by atoms with Gasteiger partial charge in [-0.15, -0.1) is 0 Å². The van der Waals surface area contributed by atoms with E-state index in [1.165, 1.54) is 0 Å². The zero-order valence-electron chi connectivity index (χ0n) is 14.6. The van der Waals surface area contributed by atoms with Crippen LogP contribution in [0.5, 0.6) is 0 Å². The molecule has 0 saturated carbocycles. The first-order valence-electron chi connectivity index (χ1n) is 8.70. The third kappa shape index (κ3) is 3.12.